The summed E-state index contributed by atoms with van der Waals surface area (Å²) in [5.74, 6) is -0.342. The zero-order valence-corrected chi connectivity index (χ0v) is 9.46. The fourth-order valence-electron chi connectivity index (χ4n) is 1.41. The van der Waals surface area contributed by atoms with Gasteiger partial charge in [0.1, 0.15) is 0 Å². The van der Waals surface area contributed by atoms with Crippen LogP contribution in [0, 0.1) is 10.1 Å². The van der Waals surface area contributed by atoms with Crippen LogP contribution in [0.1, 0.15) is 24.4 Å². The second-order valence-corrected chi connectivity index (χ2v) is 3.57. The number of methoxy groups -OCH3 is 1. The Kier molecular flexibility index (Phi) is 4.59. The summed E-state index contributed by atoms with van der Waals surface area (Å²) in [4.78, 5) is 21.0. The van der Waals surface area contributed by atoms with Crippen LogP contribution in [-0.2, 0) is 9.53 Å². The van der Waals surface area contributed by atoms with Gasteiger partial charge in [0.15, 0.2) is 0 Å². The fraction of sp³-hybridized carbons (Fsp3) is 0.364. The van der Waals surface area contributed by atoms with Crippen LogP contribution in [0.25, 0.3) is 0 Å². The summed E-state index contributed by atoms with van der Waals surface area (Å²) in [7, 11) is 1.31. The van der Waals surface area contributed by atoms with Crippen LogP contribution in [0.15, 0.2) is 24.3 Å². The summed E-state index contributed by atoms with van der Waals surface area (Å²) >= 11 is 0. The molecule has 1 rings (SSSR count). The summed E-state index contributed by atoms with van der Waals surface area (Å²) in [5, 5.41) is 10.6. The first kappa shape index (κ1) is 13.1. The SMILES string of the molecule is COC(=O)CCC(N)c1cccc([N+](=O)[O-])c1. The Hall–Kier alpha value is -1.95. The number of hydrogen-bond acceptors (Lipinski definition) is 5. The van der Waals surface area contributed by atoms with Gasteiger partial charge in [-0.25, -0.2) is 0 Å². The summed E-state index contributed by atoms with van der Waals surface area (Å²) < 4.78 is 4.50. The van der Waals surface area contributed by atoms with Crippen molar-refractivity contribution in [1.82, 2.24) is 0 Å². The van der Waals surface area contributed by atoms with Gasteiger partial charge in [-0.1, -0.05) is 12.1 Å². The van der Waals surface area contributed by atoms with Crippen LogP contribution >= 0.6 is 0 Å². The molecule has 0 heterocycles. The number of hydrogen-bond donors (Lipinski definition) is 1. The molecule has 92 valence electrons. The molecule has 1 aromatic carbocycles. The predicted octanol–water partition coefficient (Wildman–Crippen LogP) is 1.55. The fourth-order valence-corrected chi connectivity index (χ4v) is 1.41. The third-order valence-electron chi connectivity index (χ3n) is 2.40. The van der Waals surface area contributed by atoms with Gasteiger partial charge in [0.25, 0.3) is 5.69 Å². The van der Waals surface area contributed by atoms with Crippen LogP contribution < -0.4 is 5.73 Å². The first-order valence-corrected chi connectivity index (χ1v) is 5.11. The maximum absolute atomic E-state index is 10.9. The van der Waals surface area contributed by atoms with Gasteiger partial charge in [0.2, 0.25) is 0 Å². The molecule has 0 saturated heterocycles. The first-order valence-electron chi connectivity index (χ1n) is 5.11. The lowest BCUT2D eigenvalue weighted by atomic mass is 10.0. The second kappa shape index (κ2) is 5.95. The quantitative estimate of drug-likeness (QED) is 0.477. The lowest BCUT2D eigenvalue weighted by Crippen LogP contribution is -2.13. The number of benzene rings is 1. The highest BCUT2D eigenvalue weighted by Crippen LogP contribution is 2.20. The van der Waals surface area contributed by atoms with Gasteiger partial charge in [0, 0.05) is 24.6 Å². The van der Waals surface area contributed by atoms with Crippen molar-refractivity contribution in [1.29, 1.82) is 0 Å². The minimum atomic E-state index is -0.476. The molecule has 0 amide bonds. The molecule has 0 radical (unpaired) electrons. The Morgan fingerprint density at radius 1 is 1.59 bits per heavy atom. The van der Waals surface area contributed by atoms with Gasteiger partial charge < -0.3 is 10.5 Å². The van der Waals surface area contributed by atoms with Crippen LogP contribution in [0.4, 0.5) is 5.69 Å². The van der Waals surface area contributed by atoms with Gasteiger partial charge in [-0.15, -0.1) is 0 Å². The highest BCUT2D eigenvalue weighted by Gasteiger charge is 2.12. The smallest absolute Gasteiger partial charge is 0.305 e. The number of nitro benzene ring substituents is 1. The van der Waals surface area contributed by atoms with E-state index in [0.29, 0.717) is 12.0 Å². The molecule has 0 aliphatic rings. The molecule has 1 unspecified atom stereocenters. The van der Waals surface area contributed by atoms with Crippen molar-refractivity contribution in [2.45, 2.75) is 18.9 Å². The number of esters is 1. The third kappa shape index (κ3) is 3.84. The summed E-state index contributed by atoms with van der Waals surface area (Å²) in [6, 6.07) is 5.69. The number of rotatable bonds is 5. The zero-order chi connectivity index (χ0) is 12.8. The van der Waals surface area contributed by atoms with E-state index in [2.05, 4.69) is 4.74 Å². The number of carbonyl (C=O) groups excluding carboxylic acids is 1. The Balaban J connectivity index is 2.68. The van der Waals surface area contributed by atoms with Gasteiger partial charge in [-0.05, 0) is 12.0 Å². The van der Waals surface area contributed by atoms with Crippen LogP contribution in [0.3, 0.4) is 0 Å². The first-order chi connectivity index (χ1) is 8.04. The van der Waals surface area contributed by atoms with Gasteiger partial charge >= 0.3 is 5.97 Å². The number of nitro groups is 1. The summed E-state index contributed by atoms with van der Waals surface area (Å²) in [5.41, 5.74) is 6.47. The Bertz CT molecular complexity index is 420. The van der Waals surface area contributed by atoms with Gasteiger partial charge in [-0.3, -0.25) is 14.9 Å². The summed E-state index contributed by atoms with van der Waals surface area (Å²) in [6.45, 7) is 0. The van der Waals surface area contributed by atoms with E-state index >= 15 is 0 Å². The molecule has 0 bridgehead atoms. The Morgan fingerprint density at radius 2 is 2.29 bits per heavy atom. The Morgan fingerprint density at radius 3 is 2.88 bits per heavy atom. The van der Waals surface area contributed by atoms with E-state index in [1.54, 1.807) is 12.1 Å². The van der Waals surface area contributed by atoms with Crippen molar-refractivity contribution in [3.8, 4) is 0 Å². The zero-order valence-electron chi connectivity index (χ0n) is 9.46. The molecule has 0 fully saturated rings. The molecule has 0 spiro atoms. The highest BCUT2D eigenvalue weighted by molar-refractivity contribution is 5.69. The van der Waals surface area contributed by atoms with E-state index in [1.807, 2.05) is 0 Å². The molecule has 1 atom stereocenters. The molecule has 17 heavy (non-hydrogen) atoms. The van der Waals surface area contributed by atoms with E-state index < -0.39 is 11.0 Å². The highest BCUT2D eigenvalue weighted by atomic mass is 16.6. The minimum absolute atomic E-state index is 0.00369. The number of ether oxygens (including phenoxy) is 1. The molecular formula is C11H14N2O4. The van der Waals surface area contributed by atoms with Gasteiger partial charge in [0.05, 0.1) is 12.0 Å². The third-order valence-corrected chi connectivity index (χ3v) is 2.40. The average Bonchev–Trinajstić information content (AvgIpc) is 2.35. The lowest BCUT2D eigenvalue weighted by Gasteiger charge is -2.10. The molecule has 1 aromatic rings. The van der Waals surface area contributed by atoms with Crippen LogP contribution in [0.5, 0.6) is 0 Å². The van der Waals surface area contributed by atoms with Crippen LogP contribution in [0.2, 0.25) is 0 Å². The maximum Gasteiger partial charge on any atom is 0.305 e. The number of non-ortho nitro benzene ring substituents is 1. The molecule has 2 N–H and O–H groups in total. The standard InChI is InChI=1S/C11H14N2O4/c1-17-11(14)6-5-10(12)8-3-2-4-9(7-8)13(15)16/h2-4,7,10H,5-6,12H2,1H3. The predicted molar refractivity (Wildman–Crippen MR) is 61.3 cm³/mol. The minimum Gasteiger partial charge on any atom is -0.469 e. The van der Waals surface area contributed by atoms with E-state index in [0.717, 1.165) is 0 Å². The molecule has 6 nitrogen and oxygen atoms in total. The number of nitrogens with zero attached hydrogens (tertiary/aromatic N) is 1. The largest absolute Gasteiger partial charge is 0.469 e. The number of carbonyl (C=O) groups is 1. The molecule has 0 aliphatic heterocycles. The topological polar surface area (TPSA) is 95.5 Å². The van der Waals surface area contributed by atoms with Crippen molar-refractivity contribution in [3.05, 3.63) is 39.9 Å². The second-order valence-electron chi connectivity index (χ2n) is 3.57. The van der Waals surface area contributed by atoms with Crippen molar-refractivity contribution in [3.63, 3.8) is 0 Å². The maximum atomic E-state index is 10.9. The lowest BCUT2D eigenvalue weighted by molar-refractivity contribution is -0.384. The normalized spacial score (nSPS) is 11.9. The van der Waals surface area contributed by atoms with E-state index in [-0.39, 0.29) is 18.1 Å². The van der Waals surface area contributed by atoms with Crippen LogP contribution in [-0.4, -0.2) is 18.0 Å². The summed E-state index contributed by atoms with van der Waals surface area (Å²) in [6.07, 6.45) is 0.591. The molecular weight excluding hydrogens is 224 g/mol. The molecule has 0 saturated carbocycles. The van der Waals surface area contributed by atoms with Crippen molar-refractivity contribution < 1.29 is 14.5 Å². The molecule has 6 heteroatoms. The van der Waals surface area contributed by atoms with Crippen molar-refractivity contribution >= 4 is 11.7 Å². The van der Waals surface area contributed by atoms with Gasteiger partial charge in [-0.2, -0.15) is 0 Å². The van der Waals surface area contributed by atoms with Crippen molar-refractivity contribution in [2.24, 2.45) is 5.73 Å². The van der Waals surface area contributed by atoms with E-state index in [9.17, 15) is 14.9 Å². The molecule has 0 aliphatic carbocycles. The van der Waals surface area contributed by atoms with E-state index in [4.69, 9.17) is 5.73 Å². The van der Waals surface area contributed by atoms with Crippen molar-refractivity contribution in [2.75, 3.05) is 7.11 Å². The van der Waals surface area contributed by atoms with E-state index in [1.165, 1.54) is 19.2 Å². The Labute approximate surface area is 98.5 Å². The number of nitrogens with two attached hydrogens (primary N) is 1. The monoisotopic (exact) mass is 238 g/mol. The molecule has 0 aromatic heterocycles. The average molecular weight is 238 g/mol.